The van der Waals surface area contributed by atoms with Gasteiger partial charge in [-0.2, -0.15) is 19.6 Å². The van der Waals surface area contributed by atoms with Crippen LogP contribution < -0.4 is 6.15 Å². The van der Waals surface area contributed by atoms with E-state index in [0.29, 0.717) is 32.8 Å². The standard InChI is InChI=1S/2C17H15ClN4O4S.Cr.H3N/c2*1-10-16(17(24)22(21-10)12-5-3-4-11(18)8-12)20-19-14-9-13(27(2,25)26)6-7-15(14)23;;/h2*3-9,23-24H,1-2H3;;1H3/p+1. The van der Waals surface area contributed by atoms with E-state index in [2.05, 4.69) is 30.7 Å². The molecular weight excluding hydrogens is 849 g/mol. The summed E-state index contributed by atoms with van der Waals surface area (Å²) in [5, 5.41) is 65.6. The van der Waals surface area contributed by atoms with Crippen LogP contribution in [-0.4, -0.2) is 69.3 Å². The molecule has 0 amide bonds. The number of rotatable bonds is 8. The van der Waals surface area contributed by atoms with Gasteiger partial charge in [0.15, 0.2) is 31.0 Å². The zero-order valence-corrected chi connectivity index (χ0v) is 34.5. The number of halogens is 2. The molecule has 0 saturated carbocycles. The fourth-order valence-corrected chi connectivity index (χ4v) is 6.31. The molecule has 0 unspecified atom stereocenters. The quantitative estimate of drug-likeness (QED) is 0.0909. The Morgan fingerprint density at radius 2 is 0.929 bits per heavy atom. The summed E-state index contributed by atoms with van der Waals surface area (Å²) in [5.74, 6) is -1.02. The summed E-state index contributed by atoms with van der Waals surface area (Å²) < 4.78 is 49.1. The van der Waals surface area contributed by atoms with Gasteiger partial charge in [0.2, 0.25) is 11.8 Å². The van der Waals surface area contributed by atoms with E-state index in [1.807, 2.05) is 0 Å². The molecule has 294 valence electrons. The molecule has 6 rings (SSSR count). The molecule has 56 heavy (non-hydrogen) atoms. The number of nitrogens with zero attached hydrogens (tertiary/aromatic N) is 8. The van der Waals surface area contributed by atoms with Crippen LogP contribution in [0.15, 0.2) is 115 Å². The second-order valence-electron chi connectivity index (χ2n) is 11.5. The van der Waals surface area contributed by atoms with Crippen molar-refractivity contribution in [2.24, 2.45) is 20.5 Å². The van der Waals surface area contributed by atoms with E-state index in [-0.39, 0.29) is 79.3 Å². The van der Waals surface area contributed by atoms with Crippen molar-refractivity contribution in [2.75, 3.05) is 12.5 Å². The molecule has 0 spiro atoms. The molecule has 17 nitrogen and oxygen atoms in total. The average Bonchev–Trinajstić information content (AvgIpc) is 3.55. The fraction of sp³-hybridized carbons (Fsp3) is 0.118. The summed E-state index contributed by atoms with van der Waals surface area (Å²) in [5.41, 5.74) is 1.90. The summed E-state index contributed by atoms with van der Waals surface area (Å²) in [4.78, 5) is -0.0189. The smallest absolute Gasteiger partial charge is 0.243 e. The Hall–Kier alpha value is -5.33. The number of azo groups is 2. The number of hydrogen-bond donors (Lipinski definition) is 5. The van der Waals surface area contributed by atoms with Crippen LogP contribution in [0.25, 0.3) is 11.4 Å². The largest absolute Gasteiger partial charge is 0.506 e. The fourth-order valence-electron chi connectivity index (χ4n) is 4.66. The minimum Gasteiger partial charge on any atom is -0.506 e. The first kappa shape index (κ1) is 45.1. The van der Waals surface area contributed by atoms with Crippen molar-refractivity contribution >= 4 is 65.6 Å². The van der Waals surface area contributed by atoms with Gasteiger partial charge >= 0.3 is 0 Å². The third-order valence-corrected chi connectivity index (χ3v) is 10.1. The summed E-state index contributed by atoms with van der Waals surface area (Å²) in [7, 11) is -6.94. The molecule has 2 heterocycles. The zero-order valence-electron chi connectivity index (χ0n) is 30.1. The molecule has 0 saturated heterocycles. The molecule has 0 aliphatic heterocycles. The van der Waals surface area contributed by atoms with E-state index in [4.69, 9.17) is 23.2 Å². The van der Waals surface area contributed by atoms with Crippen molar-refractivity contribution < 1.29 is 54.6 Å². The Balaban J connectivity index is 0.000000290. The molecule has 2 aromatic heterocycles. The van der Waals surface area contributed by atoms with Gasteiger partial charge in [-0.25, -0.2) is 16.8 Å². The number of phenolic OH excluding ortho intramolecular Hbond substituents is 2. The van der Waals surface area contributed by atoms with Crippen LogP contribution in [0, 0.1) is 13.8 Å². The van der Waals surface area contributed by atoms with E-state index in [1.165, 1.54) is 45.8 Å². The number of aromatic hydroxyl groups is 4. The summed E-state index contributed by atoms with van der Waals surface area (Å²) >= 11 is 11.9. The minimum absolute atomic E-state index is 0. The molecule has 0 aliphatic rings. The molecule has 0 fully saturated rings. The molecule has 8 N–H and O–H groups in total. The Kier molecular flexibility index (Phi) is 14.6. The van der Waals surface area contributed by atoms with Gasteiger partial charge in [0.1, 0.15) is 22.9 Å². The normalized spacial score (nSPS) is 11.5. The molecule has 0 aliphatic carbocycles. The van der Waals surface area contributed by atoms with Crippen molar-refractivity contribution in [3.8, 4) is 34.6 Å². The van der Waals surface area contributed by atoms with Crippen LogP contribution in [0.3, 0.4) is 0 Å². The van der Waals surface area contributed by atoms with E-state index < -0.39 is 19.7 Å². The van der Waals surface area contributed by atoms with Crippen LogP contribution in [0.2, 0.25) is 10.0 Å². The first-order valence-electron chi connectivity index (χ1n) is 15.3. The predicted molar refractivity (Wildman–Crippen MR) is 207 cm³/mol. The molecule has 0 atom stereocenters. The average molecular weight is 884 g/mol. The Labute approximate surface area is 341 Å². The van der Waals surface area contributed by atoms with Gasteiger partial charge in [0.25, 0.3) is 0 Å². The summed E-state index contributed by atoms with van der Waals surface area (Å²) in [6, 6.07) is 20.8. The Morgan fingerprint density at radius 1 is 0.571 bits per heavy atom. The molecule has 4 aromatic carbocycles. The monoisotopic (exact) mass is 882 g/mol. The third kappa shape index (κ3) is 10.5. The summed E-state index contributed by atoms with van der Waals surface area (Å²) in [6.07, 6.45) is 2.09. The van der Waals surface area contributed by atoms with E-state index in [0.717, 1.165) is 12.5 Å². The maximum absolute atomic E-state index is 11.6. The van der Waals surface area contributed by atoms with Gasteiger partial charge in [-0.1, -0.05) is 35.3 Å². The zero-order chi connectivity index (χ0) is 39.5. The first-order chi connectivity index (χ1) is 25.3. The Morgan fingerprint density at radius 3 is 1.25 bits per heavy atom. The predicted octanol–water partition coefficient (Wildman–Crippen LogP) is 8.50. The van der Waals surface area contributed by atoms with Gasteiger partial charge in [-0.3, -0.25) is 0 Å². The molecule has 0 radical (unpaired) electrons. The molecular formula is C34H34Cl2CrN9O8S2+. The van der Waals surface area contributed by atoms with Crippen molar-refractivity contribution in [1.82, 2.24) is 25.7 Å². The van der Waals surface area contributed by atoms with Crippen molar-refractivity contribution in [2.45, 2.75) is 23.6 Å². The van der Waals surface area contributed by atoms with Crippen LogP contribution in [0.1, 0.15) is 11.4 Å². The van der Waals surface area contributed by atoms with Crippen molar-refractivity contribution in [1.29, 1.82) is 0 Å². The van der Waals surface area contributed by atoms with E-state index in [1.54, 1.807) is 62.4 Å². The number of aryl methyl sites for hydroxylation is 2. The molecule has 22 heteroatoms. The van der Waals surface area contributed by atoms with Crippen LogP contribution >= 0.6 is 23.2 Å². The van der Waals surface area contributed by atoms with Crippen molar-refractivity contribution in [3.63, 3.8) is 0 Å². The van der Waals surface area contributed by atoms with E-state index in [9.17, 15) is 37.3 Å². The van der Waals surface area contributed by atoms with Gasteiger partial charge in [0, 0.05) is 39.9 Å². The summed E-state index contributed by atoms with van der Waals surface area (Å²) in [6.45, 7) is 3.25. The topological polar surface area (TPSA) is 271 Å². The number of aromatic nitrogens is 4. The van der Waals surface area contributed by atoms with Crippen LogP contribution in [0.4, 0.5) is 22.7 Å². The van der Waals surface area contributed by atoms with E-state index >= 15 is 0 Å². The van der Waals surface area contributed by atoms with Crippen molar-refractivity contribution in [3.05, 3.63) is 106 Å². The van der Waals surface area contributed by atoms with Crippen LogP contribution in [-0.2, 0) is 37.0 Å². The third-order valence-electron chi connectivity index (χ3n) is 7.38. The second-order valence-corrected chi connectivity index (χ2v) is 16.4. The van der Waals surface area contributed by atoms with Gasteiger partial charge in [0.05, 0.1) is 32.6 Å². The maximum atomic E-state index is 11.6. The first-order valence-corrected chi connectivity index (χ1v) is 19.9. The second kappa shape index (κ2) is 18.1. The van der Waals surface area contributed by atoms with Crippen LogP contribution in [0.5, 0.6) is 23.3 Å². The van der Waals surface area contributed by atoms with Gasteiger partial charge in [-0.05, 0) is 86.6 Å². The number of quaternary nitrogens is 1. The van der Waals surface area contributed by atoms with Gasteiger partial charge < -0.3 is 26.6 Å². The van der Waals surface area contributed by atoms with Gasteiger partial charge in [-0.15, -0.1) is 20.5 Å². The SMILES string of the molecule is Cc1nn(-c2cccc(Cl)c2)c(O)c1N=Nc1cc(S(C)(=O)=O)ccc1O.Cc1nn(-c2cccc(Cl)c2)c(O)c1N=Nc1cc(S(C)(=O)=O)ccc1O.[Cr].[NH4+]. The number of hydrogen-bond acceptors (Lipinski definition) is 14. The molecule has 6 aromatic rings. The Bertz CT molecular complexity index is 2500. The number of benzene rings is 4. The number of phenols is 2. The number of sulfone groups is 2. The molecule has 0 bridgehead atoms. The maximum Gasteiger partial charge on any atom is 0.243 e. The minimum atomic E-state index is -3.47.